The van der Waals surface area contributed by atoms with Crippen molar-refractivity contribution in [3.63, 3.8) is 0 Å². The number of fused-ring (bicyclic) bond motifs is 6. The minimum Gasteiger partial charge on any atom is -0.578 e. The second-order valence-electron chi connectivity index (χ2n) is 10.4. The molecule has 3 heterocycles. The van der Waals surface area contributed by atoms with Crippen molar-refractivity contribution in [3.05, 3.63) is 88.9 Å². The average Bonchev–Trinajstić information content (AvgIpc) is 3.58. The summed E-state index contributed by atoms with van der Waals surface area (Å²) in [5.74, 6) is -5.26. The molecule has 2 aliphatic rings. The van der Waals surface area contributed by atoms with Gasteiger partial charge in [-0.1, -0.05) is 6.07 Å². The van der Waals surface area contributed by atoms with Crippen LogP contribution in [0.15, 0.2) is 65.7 Å². The molecule has 0 aliphatic carbocycles. The van der Waals surface area contributed by atoms with Crippen molar-refractivity contribution in [2.24, 2.45) is 7.05 Å². The van der Waals surface area contributed by atoms with Crippen molar-refractivity contribution in [1.29, 1.82) is 0 Å². The first-order chi connectivity index (χ1) is 21.5. The molecule has 17 heteroatoms. The molecule has 0 saturated heterocycles. The molecule has 1 aromatic heterocycles. The fourth-order valence-electron chi connectivity index (χ4n) is 5.41. The maximum atomic E-state index is 15.0. The van der Waals surface area contributed by atoms with Gasteiger partial charge in [0.15, 0.2) is 15.5 Å². The third kappa shape index (κ3) is 5.19. The highest BCUT2D eigenvalue weighted by molar-refractivity contribution is 7.90. The van der Waals surface area contributed by atoms with Crippen LogP contribution in [0.2, 0.25) is 0 Å². The molecule has 0 spiro atoms. The van der Waals surface area contributed by atoms with E-state index in [1.165, 1.54) is 59.3 Å². The smallest absolute Gasteiger partial charge is 0.573 e. The van der Waals surface area contributed by atoms with E-state index in [1.54, 1.807) is 0 Å². The summed E-state index contributed by atoms with van der Waals surface area (Å²) in [5.41, 5.74) is 4.64. The summed E-state index contributed by atoms with van der Waals surface area (Å²) in [7, 11) is -2.56. The molecule has 2 N–H and O–H groups in total. The van der Waals surface area contributed by atoms with Crippen LogP contribution in [0.25, 0.3) is 33.5 Å². The second-order valence-corrected chi connectivity index (χ2v) is 12.4. The van der Waals surface area contributed by atoms with Crippen molar-refractivity contribution in [1.82, 2.24) is 9.78 Å². The van der Waals surface area contributed by atoms with Gasteiger partial charge in [0.05, 0.1) is 28.6 Å². The molecule has 0 radical (unpaired) electrons. The number of ether oxygens (including phenoxy) is 1. The zero-order valence-corrected chi connectivity index (χ0v) is 24.5. The lowest BCUT2D eigenvalue weighted by Gasteiger charge is -2.46. The van der Waals surface area contributed by atoms with Crippen molar-refractivity contribution in [3.8, 4) is 28.1 Å². The molecule has 0 unspecified atom stereocenters. The number of sulfone groups is 1. The normalized spacial score (nSPS) is 14.4. The SMILES string of the molecule is Cn1nc(C(F)(F)CO)c2c1-c1ccc(-c3cc(F)c(CO)c(S(C)(=O)=O)c3)cc1N1C(c3ccc(OC(F)(F)F)cc3)=C[N-]N21. The van der Waals surface area contributed by atoms with Gasteiger partial charge in [0.1, 0.15) is 18.2 Å². The Morgan fingerprint density at radius 3 is 2.24 bits per heavy atom. The zero-order chi connectivity index (χ0) is 33.3. The van der Waals surface area contributed by atoms with E-state index in [0.717, 1.165) is 29.6 Å². The Balaban J connectivity index is 1.55. The fraction of sp³-hybridized carbons (Fsp3) is 0.207. The Bertz CT molecular complexity index is 2010. The molecule has 0 atom stereocenters. The summed E-state index contributed by atoms with van der Waals surface area (Å²) in [6, 6.07) is 11.5. The van der Waals surface area contributed by atoms with Crippen LogP contribution >= 0.6 is 0 Å². The topological polar surface area (TPSA) is 122 Å². The lowest BCUT2D eigenvalue weighted by Crippen LogP contribution is -2.38. The summed E-state index contributed by atoms with van der Waals surface area (Å²) >= 11 is 0. The molecule has 0 amide bonds. The molecule has 3 aromatic carbocycles. The molecule has 46 heavy (non-hydrogen) atoms. The van der Waals surface area contributed by atoms with Crippen molar-refractivity contribution >= 4 is 26.9 Å². The van der Waals surface area contributed by atoms with Gasteiger partial charge in [0.25, 0.3) is 0 Å². The molecular weight excluding hydrogens is 644 g/mol. The van der Waals surface area contributed by atoms with Gasteiger partial charge in [-0.05, 0) is 65.2 Å². The number of aliphatic hydroxyl groups excluding tert-OH is 2. The number of anilines is 2. The summed E-state index contributed by atoms with van der Waals surface area (Å²) in [6.45, 7) is -2.43. The number of aromatic nitrogens is 2. The van der Waals surface area contributed by atoms with E-state index >= 15 is 13.2 Å². The highest BCUT2D eigenvalue weighted by atomic mass is 32.2. The van der Waals surface area contributed by atoms with Crippen LogP contribution in [-0.4, -0.2) is 47.6 Å². The van der Waals surface area contributed by atoms with Crippen LogP contribution in [0.3, 0.4) is 0 Å². The molecule has 2 aliphatic heterocycles. The Kier molecular flexibility index (Phi) is 7.25. The van der Waals surface area contributed by atoms with Gasteiger partial charge in [0, 0.05) is 30.1 Å². The summed E-state index contributed by atoms with van der Waals surface area (Å²) < 4.78 is 113. The largest absolute Gasteiger partial charge is 0.578 e. The minimum atomic E-state index is -4.93. The van der Waals surface area contributed by atoms with E-state index in [1.807, 2.05) is 0 Å². The molecule has 242 valence electrons. The summed E-state index contributed by atoms with van der Waals surface area (Å²) in [6.07, 6.45) is -2.77. The number of benzene rings is 3. The molecule has 0 saturated carbocycles. The number of rotatable bonds is 7. The highest BCUT2D eigenvalue weighted by Gasteiger charge is 2.44. The standard InChI is InChI=1S/C29H22F6N5O5S/c1-38-25-19-8-5-16(17-9-21(30)20(13-41)24(11-17)46(2,43)44)10-22(19)39-23(15-3-6-18(7-4-15)45-29(33,34)35)12-36-40(39)26(25)27(37-38)28(31,32)14-42/h3-12,41-42H,13-14H2,1-2H3/q-1. The van der Waals surface area contributed by atoms with E-state index in [2.05, 4.69) is 15.3 Å². The number of nitrogens with zero attached hydrogens (tertiary/aromatic N) is 5. The Morgan fingerprint density at radius 1 is 0.957 bits per heavy atom. The van der Waals surface area contributed by atoms with Gasteiger partial charge in [-0.25, -0.2) is 12.8 Å². The fourth-order valence-corrected chi connectivity index (χ4v) is 6.36. The molecule has 6 rings (SSSR count). The second kappa shape index (κ2) is 10.7. The number of hydrazine groups is 1. The van der Waals surface area contributed by atoms with Crippen LogP contribution < -0.4 is 14.9 Å². The number of alkyl halides is 5. The van der Waals surface area contributed by atoms with Gasteiger partial charge >= 0.3 is 12.3 Å². The molecule has 0 bridgehead atoms. The van der Waals surface area contributed by atoms with E-state index in [9.17, 15) is 31.8 Å². The molecule has 10 nitrogen and oxygen atoms in total. The highest BCUT2D eigenvalue weighted by Crippen LogP contribution is 2.54. The predicted molar refractivity (Wildman–Crippen MR) is 153 cm³/mol. The van der Waals surface area contributed by atoms with E-state index < -0.39 is 63.1 Å². The molecule has 0 fully saturated rings. The number of aryl methyl sites for hydroxylation is 1. The van der Waals surface area contributed by atoms with Crippen LogP contribution in [0.4, 0.5) is 37.7 Å². The van der Waals surface area contributed by atoms with Crippen LogP contribution in [0, 0.1) is 5.82 Å². The quantitative estimate of drug-likeness (QED) is 0.244. The van der Waals surface area contributed by atoms with Crippen LogP contribution in [0.5, 0.6) is 5.75 Å². The third-order valence-electron chi connectivity index (χ3n) is 7.38. The first-order valence-corrected chi connectivity index (χ1v) is 15.1. The van der Waals surface area contributed by atoms with Crippen LogP contribution in [-0.2, 0) is 29.4 Å². The predicted octanol–water partition coefficient (Wildman–Crippen LogP) is 5.61. The van der Waals surface area contributed by atoms with Crippen molar-refractivity contribution in [2.45, 2.75) is 23.8 Å². The van der Waals surface area contributed by atoms with Gasteiger partial charge in [0.2, 0.25) is 0 Å². The molecule has 4 aromatic rings. The number of hydrogen-bond acceptors (Lipinski definition) is 8. The average molecular weight is 667 g/mol. The van der Waals surface area contributed by atoms with E-state index in [0.29, 0.717) is 16.7 Å². The maximum Gasteiger partial charge on any atom is 0.573 e. The first-order valence-electron chi connectivity index (χ1n) is 13.3. The Hall–Kier alpha value is -4.74. The number of aliphatic hydroxyl groups is 2. The van der Waals surface area contributed by atoms with Gasteiger partial charge < -0.3 is 25.5 Å². The molecular formula is C29H22F6N5O5S-. The zero-order valence-electron chi connectivity index (χ0n) is 23.7. The Morgan fingerprint density at radius 2 is 1.63 bits per heavy atom. The first kappa shape index (κ1) is 31.3. The maximum absolute atomic E-state index is 15.0. The van der Waals surface area contributed by atoms with E-state index in [-0.39, 0.29) is 28.3 Å². The van der Waals surface area contributed by atoms with Crippen molar-refractivity contribution in [2.75, 3.05) is 23.0 Å². The minimum absolute atomic E-state index is 0.114. The Labute approximate surface area is 257 Å². The summed E-state index contributed by atoms with van der Waals surface area (Å²) in [4.78, 5) is -0.424. The summed E-state index contributed by atoms with van der Waals surface area (Å²) in [5, 5.41) is 25.6. The van der Waals surface area contributed by atoms with Gasteiger partial charge in [-0.2, -0.15) is 13.9 Å². The van der Waals surface area contributed by atoms with Gasteiger partial charge in [-0.3, -0.25) is 9.69 Å². The van der Waals surface area contributed by atoms with Crippen molar-refractivity contribution < 1.29 is 49.7 Å². The third-order valence-corrected chi connectivity index (χ3v) is 8.55. The number of halogens is 6. The monoisotopic (exact) mass is 666 g/mol. The van der Waals surface area contributed by atoms with Gasteiger partial charge in [-0.15, -0.1) is 19.4 Å². The van der Waals surface area contributed by atoms with E-state index in [4.69, 9.17) is 0 Å². The number of hydrogen-bond donors (Lipinski definition) is 2. The lowest BCUT2D eigenvalue weighted by molar-refractivity contribution is -0.274. The lowest BCUT2D eigenvalue weighted by atomic mass is 9.96. The van der Waals surface area contributed by atoms with Crippen LogP contribution in [0.1, 0.15) is 16.8 Å².